The fourth-order valence-corrected chi connectivity index (χ4v) is 4.66. The van der Waals surface area contributed by atoms with Crippen LogP contribution in [0.5, 0.6) is 0 Å². The molecule has 0 aromatic heterocycles. The van der Waals surface area contributed by atoms with Gasteiger partial charge in [-0.2, -0.15) is 0 Å². The van der Waals surface area contributed by atoms with Crippen molar-refractivity contribution < 1.29 is 9.90 Å². The number of aliphatic carboxylic acids is 1. The number of rotatable bonds is 16. The first-order chi connectivity index (χ1) is 14.2. The van der Waals surface area contributed by atoms with Gasteiger partial charge >= 0.3 is 5.97 Å². The summed E-state index contributed by atoms with van der Waals surface area (Å²) in [5.41, 5.74) is 0.726. The molecule has 0 bridgehead atoms. The van der Waals surface area contributed by atoms with Crippen LogP contribution in [0.15, 0.2) is 0 Å². The molecule has 0 atom stereocenters. The third kappa shape index (κ3) is 20.7. The van der Waals surface area contributed by atoms with Crippen LogP contribution in [0.3, 0.4) is 0 Å². The first kappa shape index (κ1) is 29.4. The largest absolute Gasteiger partial charge is 0.481 e. The second kappa shape index (κ2) is 18.0. The average Bonchev–Trinajstić information content (AvgIpc) is 2.63. The van der Waals surface area contributed by atoms with Crippen LogP contribution >= 0.6 is 0 Å². The van der Waals surface area contributed by atoms with Crippen LogP contribution in [-0.2, 0) is 4.79 Å². The van der Waals surface area contributed by atoms with Crippen molar-refractivity contribution in [2.75, 3.05) is 0 Å². The van der Waals surface area contributed by atoms with Gasteiger partial charge in [-0.05, 0) is 53.4 Å². The molecular weight excluding hydrogens is 370 g/mol. The van der Waals surface area contributed by atoms with Crippen LogP contribution in [0, 0.1) is 0 Å². The Labute approximate surface area is 189 Å². The third-order valence-electron chi connectivity index (χ3n) is 6.27. The molecule has 3 heteroatoms. The van der Waals surface area contributed by atoms with Gasteiger partial charge in [-0.25, -0.2) is 0 Å². The molecule has 0 aromatic carbocycles. The van der Waals surface area contributed by atoms with E-state index in [4.69, 9.17) is 5.11 Å². The molecule has 0 aromatic rings. The molecule has 0 saturated carbocycles. The van der Waals surface area contributed by atoms with E-state index in [2.05, 4.69) is 39.9 Å². The Morgan fingerprint density at radius 1 is 0.667 bits per heavy atom. The van der Waals surface area contributed by atoms with Crippen molar-refractivity contribution in [1.82, 2.24) is 5.32 Å². The van der Waals surface area contributed by atoms with Crippen molar-refractivity contribution in [3.05, 3.63) is 0 Å². The highest BCUT2D eigenvalue weighted by Gasteiger charge is 2.31. The van der Waals surface area contributed by atoms with E-state index in [-0.39, 0.29) is 0 Å². The molecule has 1 rings (SSSR count). The number of hydrogen-bond donors (Lipinski definition) is 2. The van der Waals surface area contributed by atoms with E-state index < -0.39 is 5.97 Å². The van der Waals surface area contributed by atoms with Crippen molar-refractivity contribution in [2.45, 2.75) is 168 Å². The molecule has 30 heavy (non-hydrogen) atoms. The molecule has 1 heterocycles. The Bertz CT molecular complexity index is 390. The van der Waals surface area contributed by atoms with Gasteiger partial charge in [-0.15, -0.1) is 0 Å². The van der Waals surface area contributed by atoms with Gasteiger partial charge in [0.15, 0.2) is 0 Å². The summed E-state index contributed by atoms with van der Waals surface area (Å²) in [6.45, 7) is 11.4. The lowest BCUT2D eigenvalue weighted by atomic mass is 9.83. The van der Waals surface area contributed by atoms with Crippen LogP contribution in [0.25, 0.3) is 0 Å². The molecule has 0 spiro atoms. The van der Waals surface area contributed by atoms with E-state index >= 15 is 0 Å². The van der Waals surface area contributed by atoms with Gasteiger partial charge in [-0.3, -0.25) is 4.79 Å². The van der Waals surface area contributed by atoms with Gasteiger partial charge in [0.05, 0.1) is 0 Å². The van der Waals surface area contributed by atoms with Gasteiger partial charge in [0.1, 0.15) is 0 Å². The molecule has 0 radical (unpaired) electrons. The summed E-state index contributed by atoms with van der Waals surface area (Å²) in [5.74, 6) is -0.653. The Morgan fingerprint density at radius 2 is 1.00 bits per heavy atom. The summed E-state index contributed by atoms with van der Waals surface area (Å²) in [5, 5.41) is 12.1. The van der Waals surface area contributed by atoms with Crippen LogP contribution in [0.2, 0.25) is 0 Å². The number of carbonyl (C=O) groups is 1. The normalized spacial score (nSPS) is 17.2. The molecule has 180 valence electrons. The summed E-state index contributed by atoms with van der Waals surface area (Å²) in [6, 6.07) is 0. The van der Waals surface area contributed by atoms with Gasteiger partial charge in [-0.1, -0.05) is 96.8 Å². The van der Waals surface area contributed by atoms with E-state index in [0.717, 1.165) is 12.8 Å². The molecule has 1 aliphatic heterocycles. The van der Waals surface area contributed by atoms with E-state index in [0.29, 0.717) is 17.5 Å². The average molecular weight is 426 g/mol. The first-order valence-corrected chi connectivity index (χ1v) is 13.2. The van der Waals surface area contributed by atoms with E-state index in [1.165, 1.54) is 103 Å². The van der Waals surface area contributed by atoms with Crippen LogP contribution in [0.1, 0.15) is 157 Å². The summed E-state index contributed by atoms with van der Waals surface area (Å²) in [7, 11) is 0. The molecular formula is C27H55NO2. The summed E-state index contributed by atoms with van der Waals surface area (Å²) < 4.78 is 0. The minimum Gasteiger partial charge on any atom is -0.481 e. The summed E-state index contributed by atoms with van der Waals surface area (Å²) in [6.07, 6.45) is 24.2. The molecule has 1 saturated heterocycles. The zero-order chi connectivity index (χ0) is 22.7. The standard InChI is InChI=1S/C18H36O2.C9H19N/c1-2-3-4-5-6-7-8-9-10-11-12-13-14-15-16-17-18(19)20;1-8(2)6-5-7-9(3,4)10-8/h2-17H2,1H3,(H,19,20);10H,5-7H2,1-4H3. The van der Waals surface area contributed by atoms with Crippen LogP contribution in [-0.4, -0.2) is 22.2 Å². The highest BCUT2D eigenvalue weighted by Crippen LogP contribution is 2.27. The molecule has 1 fully saturated rings. The predicted molar refractivity (Wildman–Crippen MR) is 132 cm³/mol. The minimum absolute atomic E-state index is 0.345. The smallest absolute Gasteiger partial charge is 0.303 e. The zero-order valence-electron chi connectivity index (χ0n) is 21.3. The van der Waals surface area contributed by atoms with Gasteiger partial charge in [0.25, 0.3) is 0 Å². The maximum atomic E-state index is 10.3. The molecule has 0 amide bonds. The van der Waals surface area contributed by atoms with E-state index in [9.17, 15) is 4.79 Å². The number of nitrogens with one attached hydrogen (secondary N) is 1. The van der Waals surface area contributed by atoms with Crippen molar-refractivity contribution in [3.8, 4) is 0 Å². The number of hydrogen-bond acceptors (Lipinski definition) is 2. The maximum Gasteiger partial charge on any atom is 0.303 e. The summed E-state index contributed by atoms with van der Waals surface area (Å²) in [4.78, 5) is 10.3. The molecule has 2 N–H and O–H groups in total. The monoisotopic (exact) mass is 425 g/mol. The topological polar surface area (TPSA) is 49.3 Å². The Hall–Kier alpha value is -0.570. The second-order valence-corrected chi connectivity index (χ2v) is 10.8. The second-order valence-electron chi connectivity index (χ2n) is 10.8. The maximum absolute atomic E-state index is 10.3. The Balaban J connectivity index is 0.000000696. The number of carboxylic acids is 1. The Morgan fingerprint density at radius 3 is 1.27 bits per heavy atom. The number of unbranched alkanes of at least 4 members (excludes halogenated alkanes) is 14. The minimum atomic E-state index is -0.653. The number of piperidine rings is 1. The third-order valence-corrected chi connectivity index (χ3v) is 6.27. The van der Waals surface area contributed by atoms with Crippen molar-refractivity contribution in [2.24, 2.45) is 0 Å². The lowest BCUT2D eigenvalue weighted by molar-refractivity contribution is -0.137. The number of carboxylic acid groups (broad SMARTS) is 1. The summed E-state index contributed by atoms with van der Waals surface area (Å²) >= 11 is 0. The quantitative estimate of drug-likeness (QED) is 0.243. The predicted octanol–water partition coefficient (Wildman–Crippen LogP) is 8.65. The zero-order valence-corrected chi connectivity index (χ0v) is 21.3. The SMILES string of the molecule is CC1(C)CCCC(C)(C)N1.CCCCCCCCCCCCCCCCCC(=O)O. The van der Waals surface area contributed by atoms with Crippen LogP contribution in [0.4, 0.5) is 0 Å². The first-order valence-electron chi connectivity index (χ1n) is 13.2. The van der Waals surface area contributed by atoms with E-state index in [1.54, 1.807) is 0 Å². The molecule has 1 aliphatic rings. The molecule has 0 unspecified atom stereocenters. The molecule has 0 aliphatic carbocycles. The van der Waals surface area contributed by atoms with Crippen molar-refractivity contribution in [1.29, 1.82) is 0 Å². The fraction of sp³-hybridized carbons (Fsp3) is 0.963. The highest BCUT2D eigenvalue weighted by atomic mass is 16.4. The lowest BCUT2D eigenvalue weighted by Crippen LogP contribution is -2.55. The van der Waals surface area contributed by atoms with Crippen molar-refractivity contribution in [3.63, 3.8) is 0 Å². The lowest BCUT2D eigenvalue weighted by Gasteiger charge is -2.42. The fourth-order valence-electron chi connectivity index (χ4n) is 4.66. The van der Waals surface area contributed by atoms with Crippen molar-refractivity contribution >= 4 is 5.97 Å². The van der Waals surface area contributed by atoms with Gasteiger partial charge in [0, 0.05) is 17.5 Å². The van der Waals surface area contributed by atoms with Crippen LogP contribution < -0.4 is 5.32 Å². The highest BCUT2D eigenvalue weighted by molar-refractivity contribution is 5.66. The van der Waals surface area contributed by atoms with E-state index in [1.807, 2.05) is 0 Å². The molecule has 3 nitrogen and oxygen atoms in total. The van der Waals surface area contributed by atoms with Gasteiger partial charge < -0.3 is 10.4 Å². The Kier molecular flexibility index (Phi) is 17.7. The van der Waals surface area contributed by atoms with Gasteiger partial charge in [0.2, 0.25) is 0 Å².